The molecule has 0 unspecified atom stereocenters. The summed E-state index contributed by atoms with van der Waals surface area (Å²) in [5.41, 5.74) is -1.46. The number of carbonyl (C=O) groups excluding carboxylic acids is 4. The third kappa shape index (κ3) is 6.67. The molecule has 1 aromatic carbocycles. The number of benzene rings is 1. The number of fused-ring (bicyclic) bond motifs is 1. The fourth-order valence-electron chi connectivity index (χ4n) is 5.73. The Morgan fingerprint density at radius 2 is 1.64 bits per heavy atom. The first kappa shape index (κ1) is 30.3. The molecule has 8 heteroatoms. The zero-order chi connectivity index (χ0) is 29.1. The van der Waals surface area contributed by atoms with Crippen molar-refractivity contribution in [2.45, 2.75) is 85.2 Å². The van der Waals surface area contributed by atoms with Gasteiger partial charge in [0, 0.05) is 31.6 Å². The van der Waals surface area contributed by atoms with Crippen LogP contribution in [0.2, 0.25) is 0 Å². The summed E-state index contributed by atoms with van der Waals surface area (Å²) >= 11 is 0. The van der Waals surface area contributed by atoms with E-state index in [2.05, 4.69) is 0 Å². The molecule has 0 spiro atoms. The molecule has 212 valence electrons. The van der Waals surface area contributed by atoms with Crippen molar-refractivity contribution in [3.8, 4) is 0 Å². The molecule has 0 saturated heterocycles. The number of ether oxygens (including phenoxy) is 3. The van der Waals surface area contributed by atoms with Gasteiger partial charge >= 0.3 is 17.9 Å². The van der Waals surface area contributed by atoms with E-state index in [0.717, 1.165) is 0 Å². The minimum atomic E-state index is -1.41. The summed E-state index contributed by atoms with van der Waals surface area (Å²) < 4.78 is 18.0. The first-order valence-electron chi connectivity index (χ1n) is 13.4. The number of aliphatic hydroxyl groups excluding tert-OH is 1. The van der Waals surface area contributed by atoms with Crippen molar-refractivity contribution in [1.29, 1.82) is 0 Å². The highest BCUT2D eigenvalue weighted by atomic mass is 16.6. The van der Waals surface area contributed by atoms with Gasteiger partial charge in [0.25, 0.3) is 0 Å². The van der Waals surface area contributed by atoms with Crippen molar-refractivity contribution in [2.75, 3.05) is 0 Å². The molecule has 7 atom stereocenters. The third-order valence-electron chi connectivity index (χ3n) is 7.84. The topological polar surface area (TPSA) is 116 Å². The Balaban J connectivity index is 2.23. The van der Waals surface area contributed by atoms with Crippen LogP contribution in [-0.2, 0) is 28.6 Å². The van der Waals surface area contributed by atoms with Crippen LogP contribution in [0.15, 0.2) is 54.1 Å². The number of carbonyl (C=O) groups is 4. The van der Waals surface area contributed by atoms with Gasteiger partial charge < -0.3 is 19.3 Å². The van der Waals surface area contributed by atoms with E-state index in [9.17, 15) is 24.3 Å². The highest BCUT2D eigenvalue weighted by Crippen LogP contribution is 2.51. The Labute approximate surface area is 230 Å². The van der Waals surface area contributed by atoms with E-state index in [-0.39, 0.29) is 24.5 Å². The predicted molar refractivity (Wildman–Crippen MR) is 144 cm³/mol. The standard InChI is InChI=1S/C31H40O8/c1-18-13-14-30(6,7)26(35)16-25(34)19(2)15-24-27(38-29(36)23-11-9-8-10-12-23)20(3)17-31(24,39-22(5)33)28(18)37-21(4)32/h8-15,18,20,24-25,27-28,34H,16-17H2,1-7H3/t18-,20-,24-,25+,27-,28-,31+/m0/s1. The maximum atomic E-state index is 13.2. The normalized spacial score (nSPS) is 32.6. The second-order valence-electron chi connectivity index (χ2n) is 11.5. The number of aliphatic hydroxyl groups is 1. The van der Waals surface area contributed by atoms with Crippen LogP contribution in [0.3, 0.4) is 0 Å². The van der Waals surface area contributed by atoms with Crippen LogP contribution in [0.4, 0.5) is 0 Å². The van der Waals surface area contributed by atoms with Crippen LogP contribution < -0.4 is 0 Å². The Bertz CT molecular complexity index is 1150. The van der Waals surface area contributed by atoms with E-state index in [4.69, 9.17) is 14.2 Å². The molecular formula is C31H40O8. The second kappa shape index (κ2) is 11.9. The molecule has 0 radical (unpaired) electrons. The van der Waals surface area contributed by atoms with Gasteiger partial charge in [0.2, 0.25) is 0 Å². The molecule has 1 fully saturated rings. The van der Waals surface area contributed by atoms with Gasteiger partial charge in [-0.25, -0.2) is 4.79 Å². The summed E-state index contributed by atoms with van der Waals surface area (Å²) in [6.07, 6.45) is 2.53. The summed E-state index contributed by atoms with van der Waals surface area (Å²) in [6.45, 7) is 11.5. The van der Waals surface area contributed by atoms with Crippen molar-refractivity contribution in [3.63, 3.8) is 0 Å². The van der Waals surface area contributed by atoms with E-state index >= 15 is 0 Å². The molecule has 0 bridgehead atoms. The van der Waals surface area contributed by atoms with E-state index in [1.54, 1.807) is 69.3 Å². The van der Waals surface area contributed by atoms with Crippen molar-refractivity contribution >= 4 is 23.7 Å². The minimum absolute atomic E-state index is 0.112. The largest absolute Gasteiger partial charge is 0.458 e. The number of Topliss-reactive ketones (excluding diaryl/α,β-unsaturated/α-hetero) is 1. The maximum Gasteiger partial charge on any atom is 0.338 e. The van der Waals surface area contributed by atoms with E-state index in [1.807, 2.05) is 13.8 Å². The summed E-state index contributed by atoms with van der Waals surface area (Å²) in [5, 5.41) is 11.0. The van der Waals surface area contributed by atoms with Crippen LogP contribution in [-0.4, -0.2) is 52.7 Å². The molecule has 0 aliphatic heterocycles. The number of allylic oxidation sites excluding steroid dienone is 1. The second-order valence-corrected chi connectivity index (χ2v) is 11.5. The number of esters is 3. The Kier molecular flexibility index (Phi) is 9.21. The number of rotatable bonds is 4. The Morgan fingerprint density at radius 1 is 1.00 bits per heavy atom. The average molecular weight is 541 g/mol. The molecule has 0 heterocycles. The smallest absolute Gasteiger partial charge is 0.338 e. The van der Waals surface area contributed by atoms with Crippen molar-refractivity contribution < 1.29 is 38.5 Å². The quantitative estimate of drug-likeness (QED) is 0.335. The summed E-state index contributed by atoms with van der Waals surface area (Å²) in [7, 11) is 0. The van der Waals surface area contributed by atoms with Crippen LogP contribution in [0.1, 0.15) is 71.7 Å². The van der Waals surface area contributed by atoms with Gasteiger partial charge in [-0.15, -0.1) is 0 Å². The van der Waals surface area contributed by atoms with E-state index in [0.29, 0.717) is 11.1 Å². The van der Waals surface area contributed by atoms with Gasteiger partial charge in [0.1, 0.15) is 18.0 Å². The van der Waals surface area contributed by atoms with E-state index < -0.39 is 59.1 Å². The van der Waals surface area contributed by atoms with Crippen LogP contribution >= 0.6 is 0 Å². The monoisotopic (exact) mass is 540 g/mol. The average Bonchev–Trinajstić information content (AvgIpc) is 3.10. The Hall–Kier alpha value is -3.26. The Morgan fingerprint density at radius 3 is 2.23 bits per heavy atom. The first-order valence-corrected chi connectivity index (χ1v) is 13.4. The fraction of sp³-hybridized carbons (Fsp3) is 0.548. The molecular weight excluding hydrogens is 500 g/mol. The van der Waals surface area contributed by atoms with Crippen LogP contribution in [0, 0.1) is 23.2 Å². The van der Waals surface area contributed by atoms with Crippen molar-refractivity contribution in [2.24, 2.45) is 23.2 Å². The third-order valence-corrected chi connectivity index (χ3v) is 7.84. The summed E-state index contributed by atoms with van der Waals surface area (Å²) in [4.78, 5) is 51.2. The van der Waals surface area contributed by atoms with Gasteiger partial charge in [-0.05, 0) is 50.8 Å². The molecule has 3 rings (SSSR count). The molecule has 1 aromatic rings. The molecule has 2 aliphatic carbocycles. The summed E-state index contributed by atoms with van der Waals surface area (Å²) in [5.74, 6) is -3.40. The van der Waals surface area contributed by atoms with Crippen molar-refractivity contribution in [1.82, 2.24) is 0 Å². The zero-order valence-electron chi connectivity index (χ0n) is 23.8. The lowest BCUT2D eigenvalue weighted by Crippen LogP contribution is -2.55. The molecule has 0 amide bonds. The maximum absolute atomic E-state index is 13.2. The molecule has 2 aliphatic rings. The lowest BCUT2D eigenvalue weighted by Gasteiger charge is -2.43. The van der Waals surface area contributed by atoms with Gasteiger partial charge in [-0.3, -0.25) is 14.4 Å². The highest BCUT2D eigenvalue weighted by molar-refractivity contribution is 5.89. The summed E-state index contributed by atoms with van der Waals surface area (Å²) in [6, 6.07) is 8.56. The highest BCUT2D eigenvalue weighted by Gasteiger charge is 2.62. The number of ketones is 1. The van der Waals surface area contributed by atoms with Gasteiger partial charge in [0.05, 0.1) is 17.6 Å². The predicted octanol–water partition coefficient (Wildman–Crippen LogP) is 4.60. The lowest BCUT2D eigenvalue weighted by atomic mass is 9.75. The number of hydrogen-bond acceptors (Lipinski definition) is 8. The van der Waals surface area contributed by atoms with Gasteiger partial charge in [-0.1, -0.05) is 50.3 Å². The molecule has 8 nitrogen and oxygen atoms in total. The van der Waals surface area contributed by atoms with Gasteiger partial charge in [-0.2, -0.15) is 0 Å². The number of hydrogen-bond donors (Lipinski definition) is 1. The molecule has 1 N–H and O–H groups in total. The SMILES string of the molecule is CC(=O)O[C@H]1[C@@H](C)C=CC(C)(C)C(=O)C[C@@H](O)C(C)=C[C@H]2[C@@H](OC(=O)c3ccccc3)[C@@H](C)C[C@@]21OC(C)=O. The molecule has 1 saturated carbocycles. The van der Waals surface area contributed by atoms with Gasteiger partial charge in [0.15, 0.2) is 5.60 Å². The molecule has 0 aromatic heterocycles. The van der Waals surface area contributed by atoms with Crippen molar-refractivity contribution in [3.05, 3.63) is 59.7 Å². The minimum Gasteiger partial charge on any atom is -0.458 e. The van der Waals surface area contributed by atoms with E-state index in [1.165, 1.54) is 13.8 Å². The fourth-order valence-corrected chi connectivity index (χ4v) is 5.73. The first-order chi connectivity index (χ1) is 18.2. The zero-order valence-corrected chi connectivity index (χ0v) is 23.8. The van der Waals surface area contributed by atoms with Crippen LogP contribution in [0.5, 0.6) is 0 Å². The lowest BCUT2D eigenvalue weighted by molar-refractivity contribution is -0.195. The molecule has 39 heavy (non-hydrogen) atoms. The van der Waals surface area contributed by atoms with Crippen LogP contribution in [0.25, 0.3) is 0 Å².